The molecule has 178 valence electrons. The number of hydrogen-bond donors (Lipinski definition) is 1. The van der Waals surface area contributed by atoms with Crippen LogP contribution in [0.25, 0.3) is 16.9 Å². The Balaban J connectivity index is 1.12. The number of carbonyl (C=O) groups excluding carboxylic acids is 1. The van der Waals surface area contributed by atoms with Gasteiger partial charge in [-0.25, -0.2) is 9.50 Å². The summed E-state index contributed by atoms with van der Waals surface area (Å²) in [6.07, 6.45) is 3.74. The van der Waals surface area contributed by atoms with Crippen molar-refractivity contribution in [3.63, 3.8) is 0 Å². The van der Waals surface area contributed by atoms with Gasteiger partial charge in [-0.05, 0) is 55.3 Å². The molecule has 4 heterocycles. The van der Waals surface area contributed by atoms with Crippen LogP contribution in [-0.2, 0) is 16.1 Å². The molecule has 0 bridgehead atoms. The topological polar surface area (TPSA) is 93.9 Å². The van der Waals surface area contributed by atoms with Crippen molar-refractivity contribution in [3.05, 3.63) is 66.4 Å². The van der Waals surface area contributed by atoms with Crippen LogP contribution < -0.4 is 15.0 Å². The fraction of sp³-hybridized carbons (Fsp3) is 0.308. The number of hydrogen-bond acceptors (Lipinski definition) is 7. The lowest BCUT2D eigenvalue weighted by Gasteiger charge is -2.27. The lowest BCUT2D eigenvalue weighted by Crippen LogP contribution is -2.36. The molecule has 1 saturated carbocycles. The minimum Gasteiger partial charge on any atom is -0.489 e. The van der Waals surface area contributed by atoms with E-state index in [1.165, 1.54) is 0 Å². The predicted octanol–water partition coefficient (Wildman–Crippen LogP) is 3.56. The van der Waals surface area contributed by atoms with Crippen molar-refractivity contribution >= 4 is 23.3 Å². The number of fused-ring (bicyclic) bond motifs is 1. The normalized spacial score (nSPS) is 15.8. The Morgan fingerprint density at radius 3 is 2.63 bits per heavy atom. The number of benzene rings is 1. The zero-order valence-corrected chi connectivity index (χ0v) is 19.3. The maximum absolute atomic E-state index is 12.1. The monoisotopic (exact) mass is 470 g/mol. The van der Waals surface area contributed by atoms with E-state index in [9.17, 15) is 4.79 Å². The second kappa shape index (κ2) is 9.34. The van der Waals surface area contributed by atoms with E-state index >= 15 is 0 Å². The zero-order valence-electron chi connectivity index (χ0n) is 19.3. The molecule has 1 aromatic carbocycles. The zero-order chi connectivity index (χ0) is 23.6. The number of aromatic nitrogens is 4. The van der Waals surface area contributed by atoms with Gasteiger partial charge in [0, 0.05) is 36.3 Å². The van der Waals surface area contributed by atoms with Crippen LogP contribution in [0.5, 0.6) is 5.75 Å². The fourth-order valence-corrected chi connectivity index (χ4v) is 4.10. The van der Waals surface area contributed by atoms with Crippen LogP contribution >= 0.6 is 0 Å². The molecule has 9 nitrogen and oxygen atoms in total. The minimum atomic E-state index is -0.00473. The summed E-state index contributed by atoms with van der Waals surface area (Å²) >= 11 is 0. The van der Waals surface area contributed by atoms with E-state index in [1.807, 2.05) is 54.7 Å². The number of anilines is 2. The van der Waals surface area contributed by atoms with Crippen LogP contribution in [0, 0.1) is 5.92 Å². The van der Waals surface area contributed by atoms with Crippen molar-refractivity contribution in [1.29, 1.82) is 0 Å². The van der Waals surface area contributed by atoms with Gasteiger partial charge in [0.15, 0.2) is 5.65 Å². The van der Waals surface area contributed by atoms with Crippen LogP contribution in [0.1, 0.15) is 18.4 Å². The molecule has 35 heavy (non-hydrogen) atoms. The summed E-state index contributed by atoms with van der Waals surface area (Å²) in [6.45, 7) is 3.67. The van der Waals surface area contributed by atoms with Gasteiger partial charge in [-0.15, -0.1) is 5.10 Å². The molecular weight excluding hydrogens is 444 g/mol. The second-order valence-corrected chi connectivity index (χ2v) is 8.82. The molecular formula is C26H26N6O3. The van der Waals surface area contributed by atoms with Gasteiger partial charge in [0.1, 0.15) is 18.2 Å². The molecule has 1 amide bonds. The van der Waals surface area contributed by atoms with Gasteiger partial charge in [0.2, 0.25) is 11.9 Å². The van der Waals surface area contributed by atoms with Gasteiger partial charge >= 0.3 is 0 Å². The Kier molecular flexibility index (Phi) is 5.75. The molecule has 9 heteroatoms. The molecule has 1 N–H and O–H groups in total. The molecule has 4 aromatic rings. The number of morpholine rings is 1. The van der Waals surface area contributed by atoms with E-state index in [0.717, 1.165) is 67.5 Å². The summed E-state index contributed by atoms with van der Waals surface area (Å²) < 4.78 is 13.1. The third-order valence-electron chi connectivity index (χ3n) is 6.24. The van der Waals surface area contributed by atoms with Gasteiger partial charge in [-0.1, -0.05) is 12.1 Å². The number of ether oxygens (including phenoxy) is 2. The molecule has 1 aliphatic carbocycles. The highest BCUT2D eigenvalue weighted by atomic mass is 16.5. The Bertz CT molecular complexity index is 1330. The maximum Gasteiger partial charge on any atom is 0.249 e. The quantitative estimate of drug-likeness (QED) is 0.441. The van der Waals surface area contributed by atoms with E-state index in [-0.39, 0.29) is 11.8 Å². The van der Waals surface area contributed by atoms with E-state index < -0.39 is 0 Å². The van der Waals surface area contributed by atoms with Gasteiger partial charge < -0.3 is 14.4 Å². The number of nitrogens with one attached hydrogen (secondary N) is 1. The summed E-state index contributed by atoms with van der Waals surface area (Å²) in [5.74, 6) is 2.18. The summed E-state index contributed by atoms with van der Waals surface area (Å²) in [6, 6.07) is 17.7. The first-order valence-electron chi connectivity index (χ1n) is 11.9. The smallest absolute Gasteiger partial charge is 0.249 e. The number of amides is 1. The third kappa shape index (κ3) is 4.81. The van der Waals surface area contributed by atoms with Crippen molar-refractivity contribution < 1.29 is 14.3 Å². The van der Waals surface area contributed by atoms with Crippen molar-refractivity contribution in [2.75, 3.05) is 36.5 Å². The summed E-state index contributed by atoms with van der Waals surface area (Å²) in [5, 5.41) is 7.32. The molecule has 2 fully saturated rings. The van der Waals surface area contributed by atoms with Gasteiger partial charge in [0.25, 0.3) is 0 Å². The molecule has 0 radical (unpaired) electrons. The summed E-state index contributed by atoms with van der Waals surface area (Å²) in [7, 11) is 0. The first kappa shape index (κ1) is 21.5. The van der Waals surface area contributed by atoms with Crippen molar-refractivity contribution in [2.45, 2.75) is 19.4 Å². The van der Waals surface area contributed by atoms with E-state index in [2.05, 4.69) is 31.3 Å². The van der Waals surface area contributed by atoms with Crippen molar-refractivity contribution in [1.82, 2.24) is 19.6 Å². The molecule has 3 aromatic heterocycles. The molecule has 1 saturated heterocycles. The third-order valence-corrected chi connectivity index (χ3v) is 6.24. The van der Waals surface area contributed by atoms with Crippen LogP contribution in [0.3, 0.4) is 0 Å². The SMILES string of the molecule is O=C(Nc1nc2cccc(-c3ccc(OCc4ccc(N5CCOCC5)nc4)cc3)n2n1)C1CC1. The molecule has 2 aliphatic rings. The molecule has 1 aliphatic heterocycles. The number of nitrogens with zero attached hydrogens (tertiary/aromatic N) is 5. The summed E-state index contributed by atoms with van der Waals surface area (Å²) in [5.41, 5.74) is 3.56. The van der Waals surface area contributed by atoms with E-state index in [1.54, 1.807) is 4.52 Å². The fourth-order valence-electron chi connectivity index (χ4n) is 4.10. The van der Waals surface area contributed by atoms with Crippen LogP contribution in [-0.4, -0.2) is 51.8 Å². The molecule has 0 unspecified atom stereocenters. The highest BCUT2D eigenvalue weighted by Crippen LogP contribution is 2.30. The Morgan fingerprint density at radius 2 is 1.89 bits per heavy atom. The number of rotatable bonds is 7. The average molecular weight is 471 g/mol. The van der Waals surface area contributed by atoms with Gasteiger partial charge in [-0.3, -0.25) is 10.1 Å². The highest BCUT2D eigenvalue weighted by molar-refractivity contribution is 5.92. The number of carbonyl (C=O) groups is 1. The average Bonchev–Trinajstić information content (AvgIpc) is 3.68. The standard InChI is InChI=1S/C26H26N6O3/c33-25(20-5-6-20)29-26-28-24-3-1-2-22(32(24)30-26)19-7-9-21(10-8-19)35-17-18-4-11-23(27-16-18)31-12-14-34-15-13-31/h1-4,7-11,16,20H,5-6,12-15,17H2,(H,29,30,33). The molecule has 0 atom stereocenters. The van der Waals surface area contributed by atoms with Crippen LogP contribution in [0.15, 0.2) is 60.8 Å². The van der Waals surface area contributed by atoms with Crippen LogP contribution in [0.2, 0.25) is 0 Å². The Morgan fingerprint density at radius 1 is 1.06 bits per heavy atom. The van der Waals surface area contributed by atoms with Gasteiger partial charge in [0.05, 0.1) is 18.9 Å². The maximum atomic E-state index is 12.1. The Labute approximate surface area is 202 Å². The van der Waals surface area contributed by atoms with E-state index in [4.69, 9.17) is 9.47 Å². The minimum absolute atomic E-state index is 0.00473. The van der Waals surface area contributed by atoms with Crippen molar-refractivity contribution in [3.8, 4) is 17.0 Å². The highest BCUT2D eigenvalue weighted by Gasteiger charge is 2.30. The largest absolute Gasteiger partial charge is 0.489 e. The van der Waals surface area contributed by atoms with Gasteiger partial charge in [-0.2, -0.15) is 4.98 Å². The Hall–Kier alpha value is -3.98. The summed E-state index contributed by atoms with van der Waals surface area (Å²) in [4.78, 5) is 23.3. The molecule has 6 rings (SSSR count). The predicted molar refractivity (Wildman–Crippen MR) is 131 cm³/mol. The first-order chi connectivity index (χ1) is 17.2. The molecule has 0 spiro atoms. The lowest BCUT2D eigenvalue weighted by atomic mass is 10.1. The van der Waals surface area contributed by atoms with E-state index in [0.29, 0.717) is 18.2 Å². The second-order valence-electron chi connectivity index (χ2n) is 8.82. The van der Waals surface area contributed by atoms with Crippen molar-refractivity contribution in [2.24, 2.45) is 5.92 Å². The number of pyridine rings is 2. The van der Waals surface area contributed by atoms with Crippen LogP contribution in [0.4, 0.5) is 11.8 Å². The lowest BCUT2D eigenvalue weighted by molar-refractivity contribution is -0.117. The first-order valence-corrected chi connectivity index (χ1v) is 11.9.